The van der Waals surface area contributed by atoms with E-state index < -0.39 is 10.0 Å². The SMILES string of the molecule is Cc1cccc(S(=O)(=O)Nc2ccccc2-c2nc3ccccc3[nH]2)c1. The molecule has 5 nitrogen and oxygen atoms in total. The Morgan fingerprint density at radius 2 is 1.69 bits per heavy atom. The van der Waals surface area contributed by atoms with Gasteiger partial charge in [-0.3, -0.25) is 4.72 Å². The molecule has 0 amide bonds. The van der Waals surface area contributed by atoms with Crippen molar-refractivity contribution >= 4 is 26.7 Å². The van der Waals surface area contributed by atoms with E-state index in [9.17, 15) is 8.42 Å². The van der Waals surface area contributed by atoms with Gasteiger partial charge >= 0.3 is 0 Å². The first-order valence-corrected chi connectivity index (χ1v) is 9.65. The number of aryl methyl sites for hydroxylation is 1. The molecule has 26 heavy (non-hydrogen) atoms. The number of fused-ring (bicyclic) bond motifs is 1. The van der Waals surface area contributed by atoms with Crippen molar-refractivity contribution in [3.63, 3.8) is 0 Å². The molecule has 1 heterocycles. The lowest BCUT2D eigenvalue weighted by Crippen LogP contribution is -2.13. The summed E-state index contributed by atoms with van der Waals surface area (Å²) in [5.74, 6) is 0.619. The Morgan fingerprint density at radius 1 is 0.923 bits per heavy atom. The van der Waals surface area contributed by atoms with Gasteiger partial charge in [0.25, 0.3) is 10.0 Å². The normalized spacial score (nSPS) is 11.6. The zero-order valence-electron chi connectivity index (χ0n) is 14.1. The van der Waals surface area contributed by atoms with Crippen LogP contribution in [-0.2, 0) is 10.0 Å². The summed E-state index contributed by atoms with van der Waals surface area (Å²) in [7, 11) is -3.69. The predicted molar refractivity (Wildman–Crippen MR) is 104 cm³/mol. The Morgan fingerprint density at radius 3 is 2.50 bits per heavy atom. The van der Waals surface area contributed by atoms with Crippen molar-refractivity contribution in [2.24, 2.45) is 0 Å². The third-order valence-corrected chi connectivity index (χ3v) is 5.48. The molecule has 0 fully saturated rings. The molecule has 0 bridgehead atoms. The first-order valence-electron chi connectivity index (χ1n) is 8.16. The molecule has 4 rings (SSSR count). The van der Waals surface area contributed by atoms with Crippen LogP contribution in [-0.4, -0.2) is 18.4 Å². The Bertz CT molecular complexity index is 1160. The molecule has 6 heteroatoms. The number of anilines is 1. The molecular weight excluding hydrogens is 346 g/mol. The number of aromatic amines is 1. The van der Waals surface area contributed by atoms with Crippen LogP contribution in [0, 0.1) is 6.92 Å². The summed E-state index contributed by atoms with van der Waals surface area (Å²) in [6, 6.07) is 21.7. The van der Waals surface area contributed by atoms with Gasteiger partial charge in [-0.2, -0.15) is 0 Å². The molecule has 0 spiro atoms. The van der Waals surface area contributed by atoms with Crippen LogP contribution < -0.4 is 4.72 Å². The van der Waals surface area contributed by atoms with Crippen molar-refractivity contribution in [3.8, 4) is 11.4 Å². The van der Waals surface area contributed by atoms with Crippen LogP contribution in [0.4, 0.5) is 5.69 Å². The minimum atomic E-state index is -3.69. The van der Waals surface area contributed by atoms with Crippen molar-refractivity contribution in [1.82, 2.24) is 9.97 Å². The van der Waals surface area contributed by atoms with Gasteiger partial charge in [-0.1, -0.05) is 36.4 Å². The van der Waals surface area contributed by atoms with Crippen LogP contribution in [0.5, 0.6) is 0 Å². The topological polar surface area (TPSA) is 74.8 Å². The lowest BCUT2D eigenvalue weighted by molar-refractivity contribution is 0.601. The van der Waals surface area contributed by atoms with Crippen molar-refractivity contribution < 1.29 is 8.42 Å². The molecule has 0 aliphatic heterocycles. The summed E-state index contributed by atoms with van der Waals surface area (Å²) in [6.07, 6.45) is 0. The molecule has 0 unspecified atom stereocenters. The summed E-state index contributed by atoms with van der Waals surface area (Å²) in [6.45, 7) is 1.86. The number of H-pyrrole nitrogens is 1. The fraction of sp³-hybridized carbons (Fsp3) is 0.0500. The standard InChI is InChI=1S/C20H17N3O2S/c1-14-7-6-8-15(13-14)26(24,25)23-17-10-3-2-9-16(17)20-21-18-11-4-5-12-19(18)22-20/h2-13,23H,1H3,(H,21,22). The minimum Gasteiger partial charge on any atom is -0.338 e. The van der Waals surface area contributed by atoms with E-state index in [4.69, 9.17) is 0 Å². The molecule has 3 aromatic carbocycles. The van der Waals surface area contributed by atoms with Gasteiger partial charge < -0.3 is 4.98 Å². The highest BCUT2D eigenvalue weighted by molar-refractivity contribution is 7.92. The molecule has 4 aromatic rings. The number of benzene rings is 3. The predicted octanol–water partition coefficient (Wildman–Crippen LogP) is 4.34. The summed E-state index contributed by atoms with van der Waals surface area (Å²) in [5, 5.41) is 0. The number of para-hydroxylation sites is 3. The largest absolute Gasteiger partial charge is 0.338 e. The minimum absolute atomic E-state index is 0.233. The maximum absolute atomic E-state index is 12.8. The first-order chi connectivity index (χ1) is 12.5. The number of sulfonamides is 1. The van der Waals surface area contributed by atoms with Gasteiger partial charge in [0.2, 0.25) is 0 Å². The molecule has 2 N–H and O–H groups in total. The zero-order chi connectivity index (χ0) is 18.1. The first kappa shape index (κ1) is 16.4. The number of nitrogens with zero attached hydrogens (tertiary/aromatic N) is 1. The summed E-state index contributed by atoms with van der Waals surface area (Å²) in [4.78, 5) is 8.04. The van der Waals surface area contributed by atoms with Crippen LogP contribution in [0.25, 0.3) is 22.4 Å². The van der Waals surface area contributed by atoms with E-state index in [0.717, 1.165) is 16.6 Å². The van der Waals surface area contributed by atoms with Gasteiger partial charge in [0, 0.05) is 5.56 Å². The van der Waals surface area contributed by atoms with E-state index in [1.54, 1.807) is 30.3 Å². The van der Waals surface area contributed by atoms with E-state index in [1.165, 1.54) is 0 Å². The second-order valence-electron chi connectivity index (χ2n) is 6.07. The molecule has 1 aromatic heterocycles. The highest BCUT2D eigenvalue weighted by Gasteiger charge is 2.17. The smallest absolute Gasteiger partial charge is 0.261 e. The third-order valence-electron chi connectivity index (χ3n) is 4.12. The van der Waals surface area contributed by atoms with Gasteiger partial charge in [0.05, 0.1) is 21.6 Å². The van der Waals surface area contributed by atoms with E-state index in [1.807, 2.05) is 49.4 Å². The maximum Gasteiger partial charge on any atom is 0.261 e. The summed E-state index contributed by atoms with van der Waals surface area (Å²) in [5.41, 5.74) is 3.80. The lowest BCUT2D eigenvalue weighted by Gasteiger charge is -2.11. The fourth-order valence-corrected chi connectivity index (χ4v) is 4.03. The second-order valence-corrected chi connectivity index (χ2v) is 7.75. The van der Waals surface area contributed by atoms with E-state index in [-0.39, 0.29) is 4.90 Å². The number of aromatic nitrogens is 2. The fourth-order valence-electron chi connectivity index (χ4n) is 2.85. The highest BCUT2D eigenvalue weighted by atomic mass is 32.2. The summed E-state index contributed by atoms with van der Waals surface area (Å²) < 4.78 is 28.2. The zero-order valence-corrected chi connectivity index (χ0v) is 14.9. The Labute approximate surface area is 151 Å². The van der Waals surface area contributed by atoms with Crippen molar-refractivity contribution in [1.29, 1.82) is 0 Å². The number of hydrogen-bond donors (Lipinski definition) is 2. The Balaban J connectivity index is 1.76. The monoisotopic (exact) mass is 363 g/mol. The van der Waals surface area contributed by atoms with Gasteiger partial charge in [-0.05, 0) is 48.9 Å². The van der Waals surface area contributed by atoms with Crippen molar-refractivity contribution in [2.75, 3.05) is 4.72 Å². The van der Waals surface area contributed by atoms with E-state index in [2.05, 4.69) is 14.7 Å². The van der Waals surface area contributed by atoms with Gasteiger partial charge in [-0.25, -0.2) is 13.4 Å². The number of rotatable bonds is 4. The van der Waals surface area contributed by atoms with Gasteiger partial charge in [0.1, 0.15) is 5.82 Å². The summed E-state index contributed by atoms with van der Waals surface area (Å²) >= 11 is 0. The van der Waals surface area contributed by atoms with E-state index in [0.29, 0.717) is 17.1 Å². The average molecular weight is 363 g/mol. The van der Waals surface area contributed by atoms with Crippen molar-refractivity contribution in [2.45, 2.75) is 11.8 Å². The van der Waals surface area contributed by atoms with E-state index >= 15 is 0 Å². The molecule has 0 saturated carbocycles. The highest BCUT2D eigenvalue weighted by Crippen LogP contribution is 2.29. The van der Waals surface area contributed by atoms with Gasteiger partial charge in [0.15, 0.2) is 0 Å². The van der Waals surface area contributed by atoms with Crippen LogP contribution in [0.15, 0.2) is 77.7 Å². The Kier molecular flexibility index (Phi) is 3.97. The second kappa shape index (κ2) is 6.31. The van der Waals surface area contributed by atoms with Crippen LogP contribution in [0.2, 0.25) is 0 Å². The quantitative estimate of drug-likeness (QED) is 0.566. The molecule has 0 aliphatic rings. The third kappa shape index (κ3) is 3.07. The van der Waals surface area contributed by atoms with Crippen molar-refractivity contribution in [3.05, 3.63) is 78.4 Å². The van der Waals surface area contributed by atoms with Crippen LogP contribution in [0.3, 0.4) is 0 Å². The molecule has 0 aliphatic carbocycles. The molecular formula is C20H17N3O2S. The number of nitrogens with one attached hydrogen (secondary N) is 2. The Hall–Kier alpha value is -3.12. The lowest BCUT2D eigenvalue weighted by atomic mass is 10.2. The number of imidazole rings is 1. The molecule has 0 atom stereocenters. The van der Waals surface area contributed by atoms with Crippen LogP contribution in [0.1, 0.15) is 5.56 Å². The van der Waals surface area contributed by atoms with Gasteiger partial charge in [-0.15, -0.1) is 0 Å². The molecule has 0 radical (unpaired) electrons. The molecule has 0 saturated heterocycles. The number of hydrogen-bond acceptors (Lipinski definition) is 3. The van der Waals surface area contributed by atoms with Crippen LogP contribution >= 0.6 is 0 Å². The average Bonchev–Trinajstić information content (AvgIpc) is 3.06. The maximum atomic E-state index is 12.8. The molecule has 130 valence electrons.